The number of carbonyl (C=O) groups excluding carboxylic acids is 2. The van der Waals surface area contributed by atoms with E-state index in [0.717, 1.165) is 5.56 Å². The molecule has 0 radical (unpaired) electrons. The highest BCUT2D eigenvalue weighted by Gasteiger charge is 2.28. The molecule has 2 heterocycles. The normalized spacial score (nSPS) is 10.9. The van der Waals surface area contributed by atoms with Crippen molar-refractivity contribution in [2.45, 2.75) is 41.5 Å². The summed E-state index contributed by atoms with van der Waals surface area (Å²) >= 11 is 0. The minimum Gasteiger partial charge on any atom is -0.464 e. The first-order valence-corrected chi connectivity index (χ1v) is 14.4. The molecule has 0 atom stereocenters. The van der Waals surface area contributed by atoms with Gasteiger partial charge in [0.25, 0.3) is 0 Å². The molecule has 0 saturated carbocycles. The van der Waals surface area contributed by atoms with E-state index in [9.17, 15) is 9.59 Å². The first-order chi connectivity index (χ1) is 21.0. The largest absolute Gasteiger partial charge is 0.464 e. The lowest BCUT2D eigenvalue weighted by molar-refractivity contribution is 0.0585. The Kier molecular flexibility index (Phi) is 8.49. The van der Waals surface area contributed by atoms with Crippen molar-refractivity contribution in [1.29, 1.82) is 0 Å². The van der Waals surface area contributed by atoms with E-state index in [-0.39, 0.29) is 18.1 Å². The Labute approximate surface area is 258 Å². The van der Waals surface area contributed by atoms with Gasteiger partial charge in [0.1, 0.15) is 5.69 Å². The molecule has 222 valence electrons. The molecule has 0 amide bonds. The Morgan fingerprint density at radius 2 is 1.14 bits per heavy atom. The van der Waals surface area contributed by atoms with Crippen molar-refractivity contribution in [2.24, 2.45) is 0 Å². The lowest BCUT2D eigenvalue weighted by Gasteiger charge is -2.24. The minimum atomic E-state index is -0.680. The van der Waals surface area contributed by atoms with Gasteiger partial charge in [0.05, 0.1) is 26.1 Å². The summed E-state index contributed by atoms with van der Waals surface area (Å²) in [5, 5.41) is 8.64. The highest BCUT2D eigenvalue weighted by Crippen LogP contribution is 2.20. The summed E-state index contributed by atoms with van der Waals surface area (Å²) in [6, 6.07) is 20.5. The number of hydrogen-bond donors (Lipinski definition) is 0. The summed E-state index contributed by atoms with van der Waals surface area (Å²) in [6.45, 7) is 13.1. The van der Waals surface area contributed by atoms with Gasteiger partial charge in [-0.15, -0.1) is 5.10 Å². The molecule has 44 heavy (non-hydrogen) atoms. The van der Waals surface area contributed by atoms with Crippen LogP contribution in [0, 0.1) is 41.5 Å². The molecule has 3 aromatic carbocycles. The van der Waals surface area contributed by atoms with Gasteiger partial charge in [-0.1, -0.05) is 104 Å². The number of aryl methyl sites for hydroxylation is 6. The molecular weight excluding hydrogens is 551 g/mol. The third kappa shape index (κ3) is 5.90. The molecule has 8 nitrogen and oxygen atoms in total. The van der Waals surface area contributed by atoms with Crippen molar-refractivity contribution in [3.63, 3.8) is 0 Å². The topological polar surface area (TPSA) is 96.2 Å². The fourth-order valence-corrected chi connectivity index (χ4v) is 6.21. The van der Waals surface area contributed by atoms with Gasteiger partial charge in [0.2, 0.25) is 6.71 Å². The van der Waals surface area contributed by atoms with Crippen molar-refractivity contribution >= 4 is 35.0 Å². The number of aromatic nitrogens is 4. The highest BCUT2D eigenvalue weighted by atomic mass is 16.5. The van der Waals surface area contributed by atoms with Crippen LogP contribution >= 0.6 is 0 Å². The van der Waals surface area contributed by atoms with Gasteiger partial charge in [-0.05, 0) is 53.7 Å². The van der Waals surface area contributed by atoms with Crippen LogP contribution < -0.4 is 16.4 Å². The molecule has 0 N–H and O–H groups in total. The lowest BCUT2D eigenvalue weighted by Crippen LogP contribution is -2.55. The van der Waals surface area contributed by atoms with E-state index in [0.29, 0.717) is 11.4 Å². The predicted molar refractivity (Wildman–Crippen MR) is 173 cm³/mol. The second-order valence-corrected chi connectivity index (χ2v) is 11.3. The van der Waals surface area contributed by atoms with Crippen LogP contribution in [0.4, 0.5) is 0 Å². The van der Waals surface area contributed by atoms with Crippen LogP contribution in [-0.4, -0.2) is 52.8 Å². The second-order valence-electron chi connectivity index (χ2n) is 11.3. The van der Waals surface area contributed by atoms with Gasteiger partial charge in [0.15, 0.2) is 11.4 Å². The smallest absolute Gasteiger partial charge is 0.356 e. The number of benzene rings is 3. The van der Waals surface area contributed by atoms with E-state index < -0.39 is 11.9 Å². The molecular formula is C35H35BN4O4. The molecule has 2 aromatic heterocycles. The zero-order valence-electron chi connectivity index (χ0n) is 26.4. The first kappa shape index (κ1) is 30.4. The third-order valence-electron chi connectivity index (χ3n) is 7.95. The fourth-order valence-electron chi connectivity index (χ4n) is 6.21. The molecule has 0 aliphatic heterocycles. The summed E-state index contributed by atoms with van der Waals surface area (Å²) in [5.74, 6) is -1.36. The van der Waals surface area contributed by atoms with Crippen LogP contribution in [0.1, 0.15) is 54.4 Å². The average Bonchev–Trinajstić information content (AvgIpc) is 3.49. The van der Waals surface area contributed by atoms with Gasteiger partial charge in [0, 0.05) is 5.56 Å². The van der Waals surface area contributed by atoms with Gasteiger partial charge in [-0.2, -0.15) is 0 Å². The molecule has 0 bridgehead atoms. The summed E-state index contributed by atoms with van der Waals surface area (Å²) < 4.78 is 11.1. The number of methoxy groups -OCH3 is 2. The van der Waals surface area contributed by atoms with Crippen molar-refractivity contribution < 1.29 is 19.1 Å². The number of nitrogens with zero attached hydrogens (tertiary/aromatic N) is 4. The Bertz CT molecular complexity index is 1760. The van der Waals surface area contributed by atoms with Crippen LogP contribution in [0.2, 0.25) is 0 Å². The maximum atomic E-state index is 12.2. The molecule has 5 aromatic rings. The average molecular weight is 587 g/mol. The molecule has 0 unspecified atom stereocenters. The summed E-state index contributed by atoms with van der Waals surface area (Å²) in [5.41, 5.74) is 13.3. The monoisotopic (exact) mass is 586 g/mol. The van der Waals surface area contributed by atoms with Crippen molar-refractivity contribution in [1.82, 2.24) is 20.0 Å². The van der Waals surface area contributed by atoms with E-state index >= 15 is 0 Å². The number of esters is 2. The number of carbonyl (C=O) groups is 2. The molecule has 0 saturated heterocycles. The maximum Gasteiger partial charge on any atom is 0.356 e. The Morgan fingerprint density at radius 1 is 0.682 bits per heavy atom. The van der Waals surface area contributed by atoms with Crippen molar-refractivity contribution in [3.8, 4) is 16.9 Å². The van der Waals surface area contributed by atoms with Gasteiger partial charge in [-0.25, -0.2) is 19.3 Å². The molecule has 0 aliphatic carbocycles. The number of pyridine rings is 1. The molecule has 9 heteroatoms. The molecule has 0 spiro atoms. The Hall–Kier alpha value is -5.05. The van der Waals surface area contributed by atoms with Gasteiger partial charge >= 0.3 is 11.9 Å². The van der Waals surface area contributed by atoms with E-state index in [1.165, 1.54) is 80.8 Å². The lowest BCUT2D eigenvalue weighted by atomic mass is 9.34. The zero-order valence-corrected chi connectivity index (χ0v) is 26.4. The standard InChI is InChI=1S/C35H35BN4O4/c1-20-13-22(3)32(23(4)14-20)36(33-24(5)15-21(2)16-25(33)6)27-11-9-26(10-12-27)31-19-40(39-38-31)28-17-29(34(41)43-7)37-30(18-28)35(42)44-8/h9-19H,1-8H3. The van der Waals surface area contributed by atoms with E-state index in [1.807, 2.05) is 0 Å². The minimum absolute atomic E-state index is 0.0405. The van der Waals surface area contributed by atoms with E-state index in [1.54, 1.807) is 6.20 Å². The van der Waals surface area contributed by atoms with Crippen LogP contribution in [0.15, 0.2) is 66.9 Å². The maximum absolute atomic E-state index is 12.2. The van der Waals surface area contributed by atoms with Crippen LogP contribution in [0.5, 0.6) is 0 Å². The third-order valence-corrected chi connectivity index (χ3v) is 7.95. The Balaban J connectivity index is 1.56. The quantitative estimate of drug-likeness (QED) is 0.208. The SMILES string of the molecule is COC(=O)c1cc(-n2cc(-c3ccc(B(c4c(C)cc(C)cc4C)c4c(C)cc(C)cc4C)cc3)nn2)cc(C(=O)OC)n1. The highest BCUT2D eigenvalue weighted by molar-refractivity contribution is 6.96. The second kappa shape index (κ2) is 12.3. The van der Waals surface area contributed by atoms with Crippen LogP contribution in [0.25, 0.3) is 16.9 Å². The molecule has 0 aliphatic rings. The zero-order chi connectivity index (χ0) is 31.7. The summed E-state index contributed by atoms with van der Waals surface area (Å²) in [6.07, 6.45) is 1.74. The summed E-state index contributed by atoms with van der Waals surface area (Å²) in [7, 11) is 2.50. The first-order valence-electron chi connectivity index (χ1n) is 14.4. The molecule has 0 fully saturated rings. The van der Waals surface area contributed by atoms with E-state index in [4.69, 9.17) is 9.47 Å². The van der Waals surface area contributed by atoms with Gasteiger partial charge < -0.3 is 9.47 Å². The van der Waals surface area contributed by atoms with Crippen molar-refractivity contribution in [3.05, 3.63) is 112 Å². The Morgan fingerprint density at radius 3 is 1.57 bits per heavy atom. The van der Waals surface area contributed by atoms with Crippen LogP contribution in [-0.2, 0) is 9.47 Å². The van der Waals surface area contributed by atoms with Crippen molar-refractivity contribution in [2.75, 3.05) is 14.2 Å². The van der Waals surface area contributed by atoms with Crippen LogP contribution in [0.3, 0.4) is 0 Å². The van der Waals surface area contributed by atoms with Gasteiger partial charge in [-0.3, -0.25) is 0 Å². The summed E-state index contributed by atoms with van der Waals surface area (Å²) in [4.78, 5) is 28.5. The number of hydrogen-bond acceptors (Lipinski definition) is 7. The number of ether oxygens (including phenoxy) is 2. The fraction of sp³-hybridized carbons (Fsp3) is 0.229. The number of rotatable bonds is 7. The molecule has 5 rings (SSSR count). The van der Waals surface area contributed by atoms with E-state index in [2.05, 4.69) is 105 Å². The predicted octanol–water partition coefficient (Wildman–Crippen LogP) is 4.27.